The molecule has 0 amide bonds. The Morgan fingerprint density at radius 1 is 1.23 bits per heavy atom. The summed E-state index contributed by atoms with van der Waals surface area (Å²) in [6.07, 6.45) is -1.30. The van der Waals surface area contributed by atoms with E-state index in [0.29, 0.717) is 32.1 Å². The summed E-state index contributed by atoms with van der Waals surface area (Å²) >= 11 is 9.81. The molecule has 0 radical (unpaired) electrons. The van der Waals surface area contributed by atoms with Gasteiger partial charge in [0.15, 0.2) is 11.5 Å². The fourth-order valence-electron chi connectivity index (χ4n) is 3.55. The van der Waals surface area contributed by atoms with Gasteiger partial charge < -0.3 is 25.1 Å². The van der Waals surface area contributed by atoms with E-state index in [0.717, 1.165) is 25.7 Å². The molecule has 1 heterocycles. The van der Waals surface area contributed by atoms with E-state index in [9.17, 15) is 18.0 Å². The standard InChI is InChI=1S/C17H21BrClNO4.C2HF3O2/c1-8-11(16(21)22-3)12(18)13(19)15-14(8)23-17(2,24-15)9-4-6-10(20)7-5-9;3-2(4,5)1(6)7/h9-10H,4-7,20H2,1-3H3;(H,6,7). The second-order valence-electron chi connectivity index (χ2n) is 7.41. The van der Waals surface area contributed by atoms with Crippen molar-refractivity contribution in [2.75, 3.05) is 7.11 Å². The fraction of sp³-hybridized carbons (Fsp3) is 0.579. The molecule has 1 aromatic carbocycles. The normalized spacial score (nSPS) is 24.8. The highest BCUT2D eigenvalue weighted by Gasteiger charge is 2.47. The molecule has 0 spiro atoms. The number of rotatable bonds is 2. The van der Waals surface area contributed by atoms with Crippen molar-refractivity contribution in [3.8, 4) is 11.5 Å². The zero-order chi connectivity index (χ0) is 23.7. The van der Waals surface area contributed by atoms with Crippen LogP contribution in [0.15, 0.2) is 4.47 Å². The number of benzene rings is 1. The van der Waals surface area contributed by atoms with Crippen molar-refractivity contribution in [1.29, 1.82) is 0 Å². The zero-order valence-corrected chi connectivity index (χ0v) is 19.3. The number of carbonyl (C=O) groups is 2. The van der Waals surface area contributed by atoms with Crippen LogP contribution in [0.3, 0.4) is 0 Å². The predicted octanol–water partition coefficient (Wildman–Crippen LogP) is 4.84. The number of esters is 1. The van der Waals surface area contributed by atoms with Crippen LogP contribution in [-0.2, 0) is 9.53 Å². The summed E-state index contributed by atoms with van der Waals surface area (Å²) in [5.74, 6) is -2.81. The third-order valence-electron chi connectivity index (χ3n) is 5.29. The van der Waals surface area contributed by atoms with E-state index in [1.807, 2.05) is 6.92 Å². The molecule has 1 unspecified atom stereocenters. The lowest BCUT2D eigenvalue weighted by atomic mass is 9.81. The van der Waals surface area contributed by atoms with Crippen molar-refractivity contribution in [3.05, 3.63) is 20.6 Å². The predicted molar refractivity (Wildman–Crippen MR) is 109 cm³/mol. The second-order valence-corrected chi connectivity index (χ2v) is 8.58. The number of carboxylic acid groups (broad SMARTS) is 1. The smallest absolute Gasteiger partial charge is 0.475 e. The van der Waals surface area contributed by atoms with Gasteiger partial charge in [0.2, 0.25) is 0 Å². The SMILES string of the molecule is COC(=O)c1c(C)c2c(c(Cl)c1Br)OC(C)(C1CCC(N)CC1)O2.O=C(O)C(F)(F)F. The van der Waals surface area contributed by atoms with Crippen molar-refractivity contribution in [3.63, 3.8) is 0 Å². The molecular formula is C19H22BrClF3NO6. The zero-order valence-electron chi connectivity index (χ0n) is 16.9. The number of aliphatic carboxylic acids is 1. The van der Waals surface area contributed by atoms with Crippen molar-refractivity contribution in [2.45, 2.75) is 57.5 Å². The molecule has 1 saturated carbocycles. The van der Waals surface area contributed by atoms with Crippen LogP contribution in [0.1, 0.15) is 48.5 Å². The Morgan fingerprint density at radius 3 is 2.16 bits per heavy atom. The monoisotopic (exact) mass is 531 g/mol. The minimum absolute atomic E-state index is 0.223. The van der Waals surface area contributed by atoms with E-state index >= 15 is 0 Å². The summed E-state index contributed by atoms with van der Waals surface area (Å²) < 4.78 is 49.4. The Labute approximate surface area is 190 Å². The first-order valence-electron chi connectivity index (χ1n) is 9.26. The van der Waals surface area contributed by atoms with Crippen LogP contribution >= 0.6 is 27.5 Å². The molecule has 0 saturated heterocycles. The minimum Gasteiger partial charge on any atom is -0.475 e. The van der Waals surface area contributed by atoms with Gasteiger partial charge in [-0.15, -0.1) is 0 Å². The molecule has 174 valence electrons. The number of hydrogen-bond acceptors (Lipinski definition) is 6. The average molecular weight is 533 g/mol. The number of carbonyl (C=O) groups excluding carboxylic acids is 1. The summed E-state index contributed by atoms with van der Waals surface area (Å²) in [7, 11) is 1.34. The summed E-state index contributed by atoms with van der Waals surface area (Å²) in [6.45, 7) is 3.73. The largest absolute Gasteiger partial charge is 0.490 e. The average Bonchev–Trinajstić information content (AvgIpc) is 3.06. The number of nitrogens with two attached hydrogens (primary N) is 1. The molecule has 0 aromatic heterocycles. The van der Waals surface area contributed by atoms with Gasteiger partial charge in [-0.3, -0.25) is 0 Å². The van der Waals surface area contributed by atoms with Gasteiger partial charge in [0, 0.05) is 24.4 Å². The molecular weight excluding hydrogens is 511 g/mol. The Kier molecular flexibility index (Phi) is 7.76. The van der Waals surface area contributed by atoms with Gasteiger partial charge in [-0.25, -0.2) is 9.59 Å². The van der Waals surface area contributed by atoms with Crippen molar-refractivity contribution < 1.29 is 42.1 Å². The summed E-state index contributed by atoms with van der Waals surface area (Å²) in [5, 5.41) is 7.45. The molecule has 2 aliphatic rings. The first kappa shape index (κ1) is 25.5. The van der Waals surface area contributed by atoms with E-state index in [-0.39, 0.29) is 12.0 Å². The Hall–Kier alpha value is -1.72. The Balaban J connectivity index is 0.000000423. The lowest BCUT2D eigenvalue weighted by molar-refractivity contribution is -0.192. The van der Waals surface area contributed by atoms with Gasteiger partial charge in [-0.05, 0) is 48.5 Å². The molecule has 12 heteroatoms. The number of methoxy groups -OCH3 is 1. The van der Waals surface area contributed by atoms with Gasteiger partial charge >= 0.3 is 18.1 Å². The van der Waals surface area contributed by atoms with Crippen LogP contribution in [0, 0.1) is 12.8 Å². The number of ether oxygens (including phenoxy) is 3. The highest BCUT2D eigenvalue weighted by molar-refractivity contribution is 9.10. The second kappa shape index (κ2) is 9.41. The van der Waals surface area contributed by atoms with Crippen molar-refractivity contribution in [2.24, 2.45) is 11.7 Å². The van der Waals surface area contributed by atoms with E-state index in [4.69, 9.17) is 41.4 Å². The maximum atomic E-state index is 12.1. The Bertz CT molecular complexity index is 873. The molecule has 1 fully saturated rings. The quantitative estimate of drug-likeness (QED) is 0.525. The third-order valence-corrected chi connectivity index (χ3v) is 6.67. The van der Waals surface area contributed by atoms with Gasteiger partial charge in [0.25, 0.3) is 5.79 Å². The summed E-state index contributed by atoms with van der Waals surface area (Å²) in [4.78, 5) is 21.0. The molecule has 1 atom stereocenters. The molecule has 3 N–H and O–H groups in total. The number of halogens is 5. The molecule has 3 rings (SSSR count). The third kappa shape index (κ3) is 5.38. The maximum Gasteiger partial charge on any atom is 0.490 e. The van der Waals surface area contributed by atoms with E-state index in [1.165, 1.54) is 7.11 Å². The number of carboxylic acids is 1. The molecule has 1 aliphatic carbocycles. The summed E-state index contributed by atoms with van der Waals surface area (Å²) in [6, 6.07) is 0.249. The van der Waals surface area contributed by atoms with Crippen LogP contribution < -0.4 is 15.2 Å². The van der Waals surface area contributed by atoms with Gasteiger partial charge in [0.1, 0.15) is 5.02 Å². The topological polar surface area (TPSA) is 108 Å². The van der Waals surface area contributed by atoms with E-state index in [2.05, 4.69) is 15.9 Å². The van der Waals surface area contributed by atoms with Crippen molar-refractivity contribution >= 4 is 39.5 Å². The van der Waals surface area contributed by atoms with Crippen molar-refractivity contribution in [1.82, 2.24) is 0 Å². The van der Waals surface area contributed by atoms with Crippen LogP contribution in [0.5, 0.6) is 11.5 Å². The minimum atomic E-state index is -5.08. The number of hydrogen-bond donors (Lipinski definition) is 2. The molecule has 7 nitrogen and oxygen atoms in total. The first-order chi connectivity index (χ1) is 14.2. The van der Waals surface area contributed by atoms with Gasteiger partial charge in [0.05, 0.1) is 17.1 Å². The van der Waals surface area contributed by atoms with Gasteiger partial charge in [-0.2, -0.15) is 13.2 Å². The van der Waals surface area contributed by atoms with Crippen LogP contribution in [0.25, 0.3) is 0 Å². The maximum absolute atomic E-state index is 12.1. The highest BCUT2D eigenvalue weighted by atomic mass is 79.9. The van der Waals surface area contributed by atoms with Crippen LogP contribution in [0.2, 0.25) is 5.02 Å². The lowest BCUT2D eigenvalue weighted by Gasteiger charge is -2.36. The molecule has 0 bridgehead atoms. The highest BCUT2D eigenvalue weighted by Crippen LogP contribution is 2.54. The Morgan fingerprint density at radius 2 is 1.71 bits per heavy atom. The molecule has 1 aromatic rings. The number of alkyl halides is 3. The van der Waals surface area contributed by atoms with Gasteiger partial charge in [-0.1, -0.05) is 11.6 Å². The van der Waals surface area contributed by atoms with Crippen LogP contribution in [0.4, 0.5) is 13.2 Å². The van der Waals surface area contributed by atoms with Crippen LogP contribution in [-0.4, -0.2) is 42.2 Å². The molecule has 31 heavy (non-hydrogen) atoms. The number of fused-ring (bicyclic) bond motifs is 1. The van der Waals surface area contributed by atoms with E-state index in [1.54, 1.807) is 6.92 Å². The van der Waals surface area contributed by atoms with E-state index < -0.39 is 23.9 Å². The summed E-state index contributed by atoms with van der Waals surface area (Å²) in [5.41, 5.74) is 7.02. The fourth-order valence-corrected chi connectivity index (χ4v) is 4.41. The first-order valence-corrected chi connectivity index (χ1v) is 10.4. The molecule has 1 aliphatic heterocycles. The lowest BCUT2D eigenvalue weighted by Crippen LogP contribution is -2.46.